The Morgan fingerprint density at radius 1 is 1.58 bits per heavy atom. The van der Waals surface area contributed by atoms with E-state index in [1.54, 1.807) is 6.92 Å². The zero-order valence-electron chi connectivity index (χ0n) is 8.54. The molecule has 0 aliphatic carbocycles. The van der Waals surface area contributed by atoms with Crippen LogP contribution in [0.4, 0.5) is 0 Å². The van der Waals surface area contributed by atoms with Crippen molar-refractivity contribution in [3.8, 4) is 0 Å². The first kappa shape index (κ1) is 15.3. The minimum absolute atomic E-state index is 0. The topological polar surface area (TPSA) is 81.4 Å². The van der Waals surface area contributed by atoms with Crippen LogP contribution in [0.25, 0.3) is 0 Å². The number of rotatable bonds is 6. The van der Waals surface area contributed by atoms with E-state index in [4.69, 9.17) is 5.73 Å². The second-order valence-electron chi connectivity index (χ2n) is 2.03. The van der Waals surface area contributed by atoms with E-state index in [-0.39, 0.29) is 36.7 Å². The van der Waals surface area contributed by atoms with Crippen molar-refractivity contribution in [2.45, 2.75) is 13.3 Å². The quantitative estimate of drug-likeness (QED) is 0.266. The van der Waals surface area contributed by atoms with Gasteiger partial charge < -0.3 is 7.16 Å². The van der Waals surface area contributed by atoms with E-state index in [0.717, 1.165) is 0 Å². The van der Waals surface area contributed by atoms with Gasteiger partial charge in [-0.15, -0.1) is 0 Å². The summed E-state index contributed by atoms with van der Waals surface area (Å²) in [5.41, 5.74) is 7.34. The van der Waals surface area contributed by atoms with Crippen molar-refractivity contribution in [3.63, 3.8) is 0 Å². The molecule has 3 N–H and O–H groups in total. The molecule has 0 amide bonds. The number of nitrogens with one attached hydrogen (secondary N) is 1. The Bertz CT molecular complexity index is 188. The Balaban J connectivity index is -0.000000500. The minimum Gasteiger partial charge on any atom is -1.00 e. The van der Waals surface area contributed by atoms with Crippen molar-refractivity contribution < 1.29 is 43.7 Å². The molecule has 0 aliphatic rings. The average molecular weight is 206 g/mol. The van der Waals surface area contributed by atoms with Crippen LogP contribution >= 0.6 is 0 Å². The number of hydrogen-bond acceptors (Lipinski definition) is 5. The molecular weight excluding hydrogens is 191 g/mol. The summed E-state index contributed by atoms with van der Waals surface area (Å²) in [5.74, 6) is 0.0323. The van der Waals surface area contributed by atoms with Crippen LogP contribution in [-0.4, -0.2) is 27.3 Å². The molecule has 0 saturated carbocycles. The van der Waals surface area contributed by atoms with Gasteiger partial charge in [0.1, 0.15) is 0 Å². The van der Waals surface area contributed by atoms with E-state index in [0.29, 0.717) is 19.5 Å². The van der Waals surface area contributed by atoms with Gasteiger partial charge >= 0.3 is 29.6 Å². The fraction of sp³-hybridized carbons (Fsp3) is 1.00. The molecule has 0 aliphatic heterocycles. The first-order valence-corrected chi connectivity index (χ1v) is 5.04. The predicted molar refractivity (Wildman–Crippen MR) is 43.3 cm³/mol. The third-order valence-electron chi connectivity index (χ3n) is 0.886. The summed E-state index contributed by atoms with van der Waals surface area (Å²) in [6.45, 7) is 2.45. The minimum atomic E-state index is -3.37. The Labute approximate surface area is 96.9 Å². The van der Waals surface area contributed by atoms with E-state index < -0.39 is 10.1 Å². The summed E-state index contributed by atoms with van der Waals surface area (Å²) < 4.78 is 25.9. The molecule has 0 rings (SSSR count). The van der Waals surface area contributed by atoms with Gasteiger partial charge in [0.25, 0.3) is 10.1 Å². The van der Waals surface area contributed by atoms with Crippen molar-refractivity contribution in [1.29, 1.82) is 0 Å². The molecule has 0 unspecified atom stereocenters. The fourth-order valence-electron chi connectivity index (χ4n) is 0.482. The Kier molecular flexibility index (Phi) is 10.8. The van der Waals surface area contributed by atoms with Crippen molar-refractivity contribution in [3.05, 3.63) is 0 Å². The molecule has 0 aromatic carbocycles. The van der Waals surface area contributed by atoms with Gasteiger partial charge in [0, 0.05) is 13.1 Å². The van der Waals surface area contributed by atoms with E-state index in [9.17, 15) is 8.42 Å². The third-order valence-corrected chi connectivity index (χ3v) is 2.17. The van der Waals surface area contributed by atoms with E-state index in [2.05, 4.69) is 9.76 Å². The van der Waals surface area contributed by atoms with Crippen molar-refractivity contribution in [2.75, 3.05) is 18.8 Å². The van der Waals surface area contributed by atoms with Crippen LogP contribution in [0.5, 0.6) is 0 Å². The molecule has 0 heterocycles. The smallest absolute Gasteiger partial charge is 1.00 e. The normalized spacial score (nSPS) is 10.8. The molecule has 0 saturated heterocycles. The van der Waals surface area contributed by atoms with Crippen LogP contribution in [0.15, 0.2) is 0 Å². The number of hydroxylamine groups is 1. The summed E-state index contributed by atoms with van der Waals surface area (Å²) in [4.78, 5) is 0. The maximum atomic E-state index is 10.8. The van der Waals surface area contributed by atoms with Crippen molar-refractivity contribution in [1.82, 2.24) is 5.48 Å². The molecule has 0 fully saturated rings. The first-order valence-electron chi connectivity index (χ1n) is 3.46. The number of nitrogens with two attached hydrogens (primary N) is 1. The van der Waals surface area contributed by atoms with Crippen LogP contribution in [0.2, 0.25) is 0 Å². The molecular formula is C5H15N2NaO3S. The zero-order valence-corrected chi connectivity index (χ0v) is 10.4. The molecule has 0 aromatic heterocycles. The number of hydrogen-bond donors (Lipinski definition) is 2. The summed E-state index contributed by atoms with van der Waals surface area (Å²) in [6.07, 6.45) is 0.548. The SMILES string of the molecule is CCCS(=O)(=O)ONCCN.[H-].[Na+]. The molecule has 0 aromatic rings. The maximum Gasteiger partial charge on any atom is 1.00 e. The summed E-state index contributed by atoms with van der Waals surface area (Å²) in [5, 5.41) is 0. The van der Waals surface area contributed by atoms with Crippen LogP contribution in [0.1, 0.15) is 14.8 Å². The molecule has 5 nitrogen and oxygen atoms in total. The Morgan fingerprint density at radius 2 is 2.17 bits per heavy atom. The van der Waals surface area contributed by atoms with Gasteiger partial charge in [0.15, 0.2) is 0 Å². The maximum absolute atomic E-state index is 10.8. The van der Waals surface area contributed by atoms with E-state index in [1.165, 1.54) is 0 Å². The van der Waals surface area contributed by atoms with Crippen LogP contribution < -0.4 is 40.8 Å². The third kappa shape index (κ3) is 8.92. The largest absolute Gasteiger partial charge is 1.00 e. The molecule has 0 bridgehead atoms. The predicted octanol–water partition coefficient (Wildman–Crippen LogP) is -3.68. The molecule has 0 atom stereocenters. The van der Waals surface area contributed by atoms with Gasteiger partial charge in [0.05, 0.1) is 5.75 Å². The Hall–Kier alpha value is 0.830. The van der Waals surface area contributed by atoms with Crippen LogP contribution in [0, 0.1) is 0 Å². The van der Waals surface area contributed by atoms with Crippen molar-refractivity contribution >= 4 is 10.1 Å². The van der Waals surface area contributed by atoms with Gasteiger partial charge in [-0.2, -0.15) is 18.2 Å². The molecule has 0 radical (unpaired) electrons. The van der Waals surface area contributed by atoms with E-state index in [1.807, 2.05) is 0 Å². The standard InChI is InChI=1S/C5H14N2O3S.Na.H/c1-2-5-11(8,9)10-7-4-3-6;;/h7H,2-6H2,1H3;;/q;+1;-1. The van der Waals surface area contributed by atoms with Gasteiger partial charge in [-0.05, 0) is 6.42 Å². The van der Waals surface area contributed by atoms with E-state index >= 15 is 0 Å². The second kappa shape index (κ2) is 8.43. The summed E-state index contributed by atoms with van der Waals surface area (Å²) in [6, 6.07) is 0. The van der Waals surface area contributed by atoms with Crippen LogP contribution in [-0.2, 0) is 14.4 Å². The van der Waals surface area contributed by atoms with Gasteiger partial charge in [0.2, 0.25) is 0 Å². The summed E-state index contributed by atoms with van der Waals surface area (Å²) in [7, 11) is -3.37. The Morgan fingerprint density at radius 3 is 2.58 bits per heavy atom. The van der Waals surface area contributed by atoms with Gasteiger partial charge in [-0.25, -0.2) is 0 Å². The van der Waals surface area contributed by atoms with Gasteiger partial charge in [-0.3, -0.25) is 0 Å². The monoisotopic (exact) mass is 206 g/mol. The molecule has 70 valence electrons. The fourth-order valence-corrected chi connectivity index (χ4v) is 1.33. The average Bonchev–Trinajstić information content (AvgIpc) is 1.87. The van der Waals surface area contributed by atoms with Crippen molar-refractivity contribution in [2.24, 2.45) is 5.73 Å². The summed E-state index contributed by atoms with van der Waals surface area (Å²) >= 11 is 0. The van der Waals surface area contributed by atoms with Crippen LogP contribution in [0.3, 0.4) is 0 Å². The molecule has 7 heteroatoms. The second-order valence-corrected chi connectivity index (χ2v) is 3.72. The van der Waals surface area contributed by atoms with Gasteiger partial charge in [-0.1, -0.05) is 6.92 Å². The molecule has 0 spiro atoms. The molecule has 12 heavy (non-hydrogen) atoms. The zero-order chi connectivity index (χ0) is 8.74. The first-order chi connectivity index (χ1) is 5.12.